The minimum absolute atomic E-state index is 0.215. The number of hydrogen-bond acceptors (Lipinski definition) is 25. The number of H-pyrrole nitrogens is 1. The molecule has 15 amide bonds. The van der Waals surface area contributed by atoms with Gasteiger partial charge in [0.05, 0.1) is 51.8 Å². The Morgan fingerprint density at radius 2 is 1.05 bits per heavy atom. The van der Waals surface area contributed by atoms with E-state index in [9.17, 15) is 97.5 Å². The molecule has 23 N–H and O–H groups in total. The standard InChI is InChI=1S/C87H103N17O28/c1-6-33-131-86(130)89-32-20-31-57-77(121)99-61(39-71(115)116)78(122)93-46(3)75(119)97-60(38-70(113)114)76(120)91-42-68(110)96-64(44-105)82(126)102-73(45(2)34-69(111)112)84(128)101-63(36-65(107)54-28-16-18-29-55(54)88)85(129)132-47(4)74(83(127)92-43-67(109)95-57)103-81(125)62(40-72(117)118)100-80(124)59(98-79(123)58(94-48(5)106)35-49-41-90-56-30-19-17-27-53(49)56)37-66(108)104-87(50-21-10-7-11-22-50,51-23-12-8-13-24-51)52-25-14-9-15-26-52/h6-19,21-30,41,45-47,57-64,73-74,90,105H,1,20,31-40,42-44,88H2,2-5H3,(H,89,130)(H,91,120)(H,92,127)(H,93,122)(H,94,106)(H,95,109)(H,96,110)(H,97,119)(H,98,123)(H,99,121)(H,100,124)(H,101,128)(H,102,126)(H,103,125)(H,104,108)(H,111,112)(H,113,114)(H,115,116)(H,117,118)/t45?,46-,47-,57+,58+,59+,60+,61+,62+,63+,64-,73+,74+/m1/s1. The maximum atomic E-state index is 15.5. The number of aromatic nitrogens is 1. The number of rotatable bonds is 34. The molecule has 6 aromatic rings. The second kappa shape index (κ2) is 49.9. The van der Waals surface area contributed by atoms with Crippen molar-refractivity contribution < 1.29 is 136 Å². The fraction of sp³-hybridized carbons (Fsp3) is 0.368. The summed E-state index contributed by atoms with van der Waals surface area (Å²) in [6.45, 7) is 2.96. The summed E-state index contributed by atoms with van der Waals surface area (Å²) < 4.78 is 10.7. The number of hydrogen-bond donors (Lipinski definition) is 22. The van der Waals surface area contributed by atoms with Crippen LogP contribution >= 0.6 is 0 Å². The van der Waals surface area contributed by atoms with Crippen LogP contribution in [-0.2, 0) is 113 Å². The molecule has 7 rings (SSSR count). The van der Waals surface area contributed by atoms with Gasteiger partial charge >= 0.3 is 35.9 Å². The number of esters is 1. The van der Waals surface area contributed by atoms with Gasteiger partial charge in [0.25, 0.3) is 0 Å². The number of cyclic esters (lactones) is 1. The van der Waals surface area contributed by atoms with Crippen LogP contribution in [0.4, 0.5) is 10.5 Å². The summed E-state index contributed by atoms with van der Waals surface area (Å²) in [5.74, 6) is -30.4. The lowest BCUT2D eigenvalue weighted by molar-refractivity contribution is -0.156. The summed E-state index contributed by atoms with van der Waals surface area (Å²) in [4.78, 5) is 297. The number of nitrogens with two attached hydrogens (primary N) is 1. The van der Waals surface area contributed by atoms with Gasteiger partial charge in [0.15, 0.2) is 5.78 Å². The van der Waals surface area contributed by atoms with Crippen LogP contribution in [0.25, 0.3) is 10.9 Å². The zero-order valence-electron chi connectivity index (χ0n) is 71.7. The molecule has 45 nitrogen and oxygen atoms in total. The zero-order chi connectivity index (χ0) is 97.1. The number of carbonyl (C=O) groups excluding carboxylic acids is 17. The molecule has 704 valence electrons. The van der Waals surface area contributed by atoms with Crippen molar-refractivity contribution in [2.45, 2.75) is 164 Å². The van der Waals surface area contributed by atoms with Gasteiger partial charge < -0.3 is 125 Å². The third kappa shape index (κ3) is 30.9. The Kier molecular flexibility index (Phi) is 39.0. The number of amides is 15. The highest BCUT2D eigenvalue weighted by Crippen LogP contribution is 2.37. The van der Waals surface area contributed by atoms with Crippen molar-refractivity contribution in [3.05, 3.63) is 186 Å². The fourth-order valence-electron chi connectivity index (χ4n) is 13.9. The van der Waals surface area contributed by atoms with Crippen LogP contribution in [-0.4, -0.2) is 260 Å². The lowest BCUT2D eigenvalue weighted by atomic mass is 9.77. The van der Waals surface area contributed by atoms with Gasteiger partial charge in [0.1, 0.15) is 84.7 Å². The number of benzene rings is 5. The van der Waals surface area contributed by atoms with E-state index in [0.717, 1.165) is 27.7 Å². The monoisotopic (exact) mass is 1830 g/mol. The van der Waals surface area contributed by atoms with Crippen LogP contribution in [0, 0.1) is 5.92 Å². The number of Topliss-reactive ketones (excluding diaryl/α,β-unsaturated/α-hetero) is 1. The topological polar surface area (TPSA) is 700 Å². The molecule has 132 heavy (non-hydrogen) atoms. The Labute approximate surface area is 752 Å². The number of ether oxygens (including phenoxy) is 2. The number of para-hydroxylation sites is 2. The second-order valence-corrected chi connectivity index (χ2v) is 30.5. The van der Waals surface area contributed by atoms with Gasteiger partial charge in [-0.3, -0.25) is 91.1 Å². The summed E-state index contributed by atoms with van der Waals surface area (Å²) in [5.41, 5.74) is 6.52. The number of carboxylic acids is 4. The average molecular weight is 1830 g/mol. The van der Waals surface area contributed by atoms with Crippen LogP contribution < -0.4 is 85.5 Å². The normalized spacial score (nSPS) is 19.9. The summed E-state index contributed by atoms with van der Waals surface area (Å²) in [5, 5.41) is 85.2. The smallest absolute Gasteiger partial charge is 0.407 e. The molecule has 0 aliphatic carbocycles. The van der Waals surface area contributed by atoms with E-state index in [-0.39, 0.29) is 37.2 Å². The molecule has 1 saturated heterocycles. The average Bonchev–Trinajstić information content (AvgIpc) is 0.835. The van der Waals surface area contributed by atoms with Crippen molar-refractivity contribution >= 4 is 141 Å². The Morgan fingerprint density at radius 3 is 1.61 bits per heavy atom. The number of aliphatic hydroxyl groups excluding tert-OH is 1. The van der Waals surface area contributed by atoms with Crippen LogP contribution in [0.5, 0.6) is 0 Å². The van der Waals surface area contributed by atoms with Gasteiger partial charge in [0.2, 0.25) is 82.7 Å². The molecule has 1 fully saturated rings. The number of nitrogens with one attached hydrogen (secondary N) is 16. The van der Waals surface area contributed by atoms with E-state index < -0.39 is 273 Å². The number of carboxylic acid groups (broad SMARTS) is 4. The number of nitrogen functional groups attached to an aromatic ring is 1. The molecule has 0 radical (unpaired) electrons. The molecule has 1 unspecified atom stereocenters. The molecule has 1 aliphatic rings. The first kappa shape index (κ1) is 103. The van der Waals surface area contributed by atoms with Crippen LogP contribution in [0.2, 0.25) is 0 Å². The summed E-state index contributed by atoms with van der Waals surface area (Å²) in [6.07, 6.45) is -8.84. The Bertz CT molecular complexity index is 5150. The number of alkyl carbamates (subject to hydrolysis) is 1. The summed E-state index contributed by atoms with van der Waals surface area (Å²) in [7, 11) is 0. The van der Waals surface area contributed by atoms with Gasteiger partial charge in [-0.1, -0.05) is 141 Å². The highest BCUT2D eigenvalue weighted by Gasteiger charge is 2.44. The number of carbonyl (C=O) groups is 21. The number of ketones is 1. The maximum absolute atomic E-state index is 15.5. The first-order chi connectivity index (χ1) is 62.7. The molecule has 5 aromatic carbocycles. The van der Waals surface area contributed by atoms with Crippen LogP contribution in [0.1, 0.15) is 112 Å². The van der Waals surface area contributed by atoms with E-state index in [1.165, 1.54) is 30.3 Å². The van der Waals surface area contributed by atoms with Gasteiger partial charge in [-0.2, -0.15) is 0 Å². The van der Waals surface area contributed by atoms with Crippen molar-refractivity contribution in [2.75, 3.05) is 38.6 Å². The number of fused-ring (bicyclic) bond motifs is 1. The Hall–Kier alpha value is -16.0. The molecule has 45 heteroatoms. The summed E-state index contributed by atoms with van der Waals surface area (Å²) >= 11 is 0. The highest BCUT2D eigenvalue weighted by molar-refractivity contribution is 6.05. The van der Waals surface area contributed by atoms with Crippen molar-refractivity contribution in [2.24, 2.45) is 5.92 Å². The Morgan fingerprint density at radius 1 is 0.545 bits per heavy atom. The number of aromatic amines is 1. The van der Waals surface area contributed by atoms with E-state index in [2.05, 4.69) is 75.4 Å². The quantitative estimate of drug-likeness (QED) is 0.00473. The third-order valence-electron chi connectivity index (χ3n) is 20.4. The number of anilines is 1. The maximum Gasteiger partial charge on any atom is 0.407 e. The first-order valence-corrected chi connectivity index (χ1v) is 41.2. The summed E-state index contributed by atoms with van der Waals surface area (Å²) in [6, 6.07) is 14.0. The van der Waals surface area contributed by atoms with Crippen molar-refractivity contribution in [1.82, 2.24) is 84.7 Å². The minimum Gasteiger partial charge on any atom is -0.481 e. The predicted octanol–water partition coefficient (Wildman–Crippen LogP) is -3.17. The molecule has 1 aromatic heterocycles. The molecule has 1 aliphatic heterocycles. The fourth-order valence-corrected chi connectivity index (χ4v) is 13.9. The van der Waals surface area contributed by atoms with Crippen LogP contribution in [0.3, 0.4) is 0 Å². The molecule has 0 spiro atoms. The van der Waals surface area contributed by atoms with Crippen LogP contribution in [0.15, 0.2) is 158 Å². The van der Waals surface area contributed by atoms with E-state index >= 15 is 28.8 Å². The SMILES string of the molecule is C=CCOC(=O)NCCC[C@@H]1NC(=O)CNC(=O)[C@@H](NC(=O)[C@H](CC(=O)O)NC(=O)[C@H](CC(=O)NC(c2ccccc2)(c2ccccc2)c2ccccc2)NC(=O)[C@H](Cc2c[nH]c3ccccc23)NC(C)=O)[C@@H](C)OC(=O)[C@H](CC(=O)c2ccccc2N)NC(=O)[C@H](C(C)CC(=O)O)NC(=O)[C@@H](CO)NC(=O)CNC(=O)[C@H](CC(=O)O)NC(=O)[C@@H](C)NC(=O)[C@H](CC(=O)O)NC1=O. The van der Waals surface area contributed by atoms with E-state index in [1.807, 2.05) is 16.0 Å². The lowest BCUT2D eigenvalue weighted by Crippen LogP contribution is -2.62. The molecular formula is C87H103N17O28. The largest absolute Gasteiger partial charge is 0.481 e. The first-order valence-electron chi connectivity index (χ1n) is 41.2. The van der Waals surface area contributed by atoms with Crippen molar-refractivity contribution in [1.29, 1.82) is 0 Å². The molecular weight excluding hydrogens is 1730 g/mol. The van der Waals surface area contributed by atoms with E-state index in [0.29, 0.717) is 33.2 Å². The third-order valence-corrected chi connectivity index (χ3v) is 20.4. The number of aliphatic carboxylic acids is 4. The molecule has 13 atom stereocenters. The minimum atomic E-state index is -2.54. The zero-order valence-corrected chi connectivity index (χ0v) is 71.7. The van der Waals surface area contributed by atoms with Crippen molar-refractivity contribution in [3.63, 3.8) is 0 Å². The predicted molar refractivity (Wildman–Crippen MR) is 462 cm³/mol. The lowest BCUT2D eigenvalue weighted by Gasteiger charge is -2.37. The molecule has 0 bridgehead atoms. The van der Waals surface area contributed by atoms with Crippen molar-refractivity contribution in [3.8, 4) is 0 Å². The van der Waals surface area contributed by atoms with Gasteiger partial charge in [-0.05, 0) is 73.1 Å². The second-order valence-electron chi connectivity index (χ2n) is 30.5. The molecule has 0 saturated carbocycles. The number of aliphatic hydroxyl groups is 1. The van der Waals surface area contributed by atoms with Gasteiger partial charge in [0, 0.05) is 54.7 Å². The van der Waals surface area contributed by atoms with E-state index in [1.54, 1.807) is 121 Å². The van der Waals surface area contributed by atoms with E-state index in [4.69, 9.17) is 15.2 Å². The highest BCUT2D eigenvalue weighted by atomic mass is 16.6. The molecule has 2 heterocycles. The Balaban J connectivity index is 1.35. The van der Waals surface area contributed by atoms with Gasteiger partial charge in [-0.25, -0.2) is 9.59 Å². The van der Waals surface area contributed by atoms with Gasteiger partial charge in [-0.15, -0.1) is 0 Å².